The van der Waals surface area contributed by atoms with Gasteiger partial charge in [0.05, 0.1) is 11.5 Å². The van der Waals surface area contributed by atoms with Crippen LogP contribution in [-0.2, 0) is 10.0 Å². The minimum Gasteiger partial charge on any atom is -0.494 e. The van der Waals surface area contributed by atoms with Crippen LogP contribution >= 0.6 is 0 Å². The van der Waals surface area contributed by atoms with E-state index in [1.54, 1.807) is 24.3 Å². The first-order chi connectivity index (χ1) is 14.1. The molecule has 158 valence electrons. The second-order valence-electron chi connectivity index (χ2n) is 8.18. The van der Waals surface area contributed by atoms with E-state index in [2.05, 4.69) is 26.4 Å². The highest BCUT2D eigenvalue weighted by atomic mass is 32.2. The summed E-state index contributed by atoms with van der Waals surface area (Å²) >= 11 is 0. The summed E-state index contributed by atoms with van der Waals surface area (Å²) in [6.45, 7) is 2.76. The van der Waals surface area contributed by atoms with Crippen LogP contribution in [0.3, 0.4) is 0 Å². The predicted octanol–water partition coefficient (Wildman–Crippen LogP) is 3.80. The number of unbranched alkanes of at least 4 members (excludes halogenated alkanes) is 1. The maximum Gasteiger partial charge on any atom is 0.240 e. The highest BCUT2D eigenvalue weighted by Gasteiger charge is 2.33. The lowest BCUT2D eigenvalue weighted by Crippen LogP contribution is -2.39. The zero-order valence-corrected chi connectivity index (χ0v) is 17.8. The first-order valence-electron chi connectivity index (χ1n) is 10.7. The third-order valence-electron chi connectivity index (χ3n) is 5.81. The standard InChI is InChI=1S/C21H30N4O3S/c1-2-3-13-28-19-9-11-20(12-10-19)29(26,27)24-17-5-4-6-18(14-17)25-15-22-23-21(25)16-7-8-16/h9-12,15-18,24H,2-8,13-14H2,1H3. The topological polar surface area (TPSA) is 86.1 Å². The Morgan fingerprint density at radius 3 is 2.69 bits per heavy atom. The molecule has 0 aliphatic heterocycles. The van der Waals surface area contributed by atoms with Crippen LogP contribution in [0, 0.1) is 0 Å². The van der Waals surface area contributed by atoms with E-state index in [4.69, 9.17) is 4.74 Å². The number of nitrogens with zero attached hydrogens (tertiary/aromatic N) is 3. The molecule has 2 atom stereocenters. The molecule has 2 aromatic rings. The molecule has 1 aromatic carbocycles. The van der Waals surface area contributed by atoms with Crippen molar-refractivity contribution in [3.05, 3.63) is 36.4 Å². The molecule has 2 saturated carbocycles. The Morgan fingerprint density at radius 1 is 1.17 bits per heavy atom. The van der Waals surface area contributed by atoms with Gasteiger partial charge in [0.2, 0.25) is 10.0 Å². The van der Waals surface area contributed by atoms with Crippen LogP contribution in [0.5, 0.6) is 5.75 Å². The number of hydrogen-bond donors (Lipinski definition) is 1. The van der Waals surface area contributed by atoms with Gasteiger partial charge < -0.3 is 9.30 Å². The fourth-order valence-electron chi connectivity index (χ4n) is 4.03. The smallest absolute Gasteiger partial charge is 0.240 e. The number of nitrogens with one attached hydrogen (secondary N) is 1. The van der Waals surface area contributed by atoms with Crippen molar-refractivity contribution in [3.63, 3.8) is 0 Å². The lowest BCUT2D eigenvalue weighted by molar-refractivity contribution is 0.300. The molecular weight excluding hydrogens is 388 g/mol. The van der Waals surface area contributed by atoms with E-state index < -0.39 is 10.0 Å². The Balaban J connectivity index is 1.39. The molecule has 4 rings (SSSR count). The number of hydrogen-bond acceptors (Lipinski definition) is 5. The Kier molecular flexibility index (Phi) is 6.20. The van der Waals surface area contributed by atoms with Crippen LogP contribution in [0.2, 0.25) is 0 Å². The molecule has 0 spiro atoms. The van der Waals surface area contributed by atoms with Crippen LogP contribution in [0.15, 0.2) is 35.5 Å². The zero-order chi connectivity index (χ0) is 20.3. The number of benzene rings is 1. The average Bonchev–Trinajstić information content (AvgIpc) is 3.45. The molecule has 29 heavy (non-hydrogen) atoms. The normalized spacial score (nSPS) is 22.5. The van der Waals surface area contributed by atoms with Crippen molar-refractivity contribution in [3.8, 4) is 5.75 Å². The van der Waals surface area contributed by atoms with Gasteiger partial charge in [0.1, 0.15) is 17.9 Å². The van der Waals surface area contributed by atoms with Crippen LogP contribution in [0.25, 0.3) is 0 Å². The molecule has 8 heteroatoms. The molecule has 0 bridgehead atoms. The third-order valence-corrected chi connectivity index (χ3v) is 7.34. The van der Waals surface area contributed by atoms with E-state index in [9.17, 15) is 8.42 Å². The molecule has 2 aliphatic rings. The fraction of sp³-hybridized carbons (Fsp3) is 0.619. The van der Waals surface area contributed by atoms with Crippen molar-refractivity contribution in [2.75, 3.05) is 6.61 Å². The molecule has 7 nitrogen and oxygen atoms in total. The van der Waals surface area contributed by atoms with Gasteiger partial charge in [-0.05, 0) is 69.2 Å². The van der Waals surface area contributed by atoms with Crippen LogP contribution in [0.4, 0.5) is 0 Å². The maximum absolute atomic E-state index is 12.9. The summed E-state index contributed by atoms with van der Waals surface area (Å²) in [5.74, 6) is 2.31. The van der Waals surface area contributed by atoms with E-state index in [-0.39, 0.29) is 17.0 Å². The molecular formula is C21H30N4O3S. The van der Waals surface area contributed by atoms with E-state index in [1.807, 2.05) is 6.33 Å². The molecule has 1 N–H and O–H groups in total. The van der Waals surface area contributed by atoms with Crippen LogP contribution in [-0.4, -0.2) is 35.8 Å². The summed E-state index contributed by atoms with van der Waals surface area (Å²) in [6.07, 6.45) is 9.88. The lowest BCUT2D eigenvalue weighted by Gasteiger charge is -2.31. The third kappa shape index (κ3) is 4.98. The van der Waals surface area contributed by atoms with Crippen molar-refractivity contribution in [1.29, 1.82) is 0 Å². The van der Waals surface area contributed by atoms with Gasteiger partial charge in [-0.1, -0.05) is 13.3 Å². The minimum absolute atomic E-state index is 0.0753. The van der Waals surface area contributed by atoms with Gasteiger partial charge in [-0.15, -0.1) is 10.2 Å². The van der Waals surface area contributed by atoms with Gasteiger partial charge in [-0.25, -0.2) is 13.1 Å². The molecule has 0 saturated heterocycles. The Hall–Kier alpha value is -1.93. The van der Waals surface area contributed by atoms with Crippen molar-refractivity contribution in [2.24, 2.45) is 0 Å². The van der Waals surface area contributed by atoms with E-state index >= 15 is 0 Å². The summed E-state index contributed by atoms with van der Waals surface area (Å²) in [6, 6.07) is 6.88. The van der Waals surface area contributed by atoms with Crippen molar-refractivity contribution >= 4 is 10.0 Å². The molecule has 2 fully saturated rings. The van der Waals surface area contributed by atoms with Gasteiger partial charge in [-0.2, -0.15) is 0 Å². The molecule has 2 aliphatic carbocycles. The number of sulfonamides is 1. The highest BCUT2D eigenvalue weighted by Crippen LogP contribution is 2.41. The maximum atomic E-state index is 12.9. The number of ether oxygens (including phenoxy) is 1. The summed E-state index contributed by atoms with van der Waals surface area (Å²) in [5.41, 5.74) is 0. The largest absolute Gasteiger partial charge is 0.494 e. The summed E-state index contributed by atoms with van der Waals surface area (Å²) in [5, 5.41) is 8.40. The Morgan fingerprint density at radius 2 is 1.97 bits per heavy atom. The molecule has 0 radical (unpaired) electrons. The van der Waals surface area contributed by atoms with E-state index in [0.29, 0.717) is 18.3 Å². The van der Waals surface area contributed by atoms with E-state index in [1.165, 1.54) is 12.8 Å². The first kappa shape index (κ1) is 20.3. The van der Waals surface area contributed by atoms with Crippen LogP contribution < -0.4 is 9.46 Å². The lowest BCUT2D eigenvalue weighted by atomic mass is 9.91. The summed E-state index contributed by atoms with van der Waals surface area (Å²) in [4.78, 5) is 0.283. The van der Waals surface area contributed by atoms with Gasteiger partial charge in [-0.3, -0.25) is 0 Å². The second-order valence-corrected chi connectivity index (χ2v) is 9.90. The molecule has 1 heterocycles. The van der Waals surface area contributed by atoms with Gasteiger partial charge in [0.25, 0.3) is 0 Å². The van der Waals surface area contributed by atoms with Crippen molar-refractivity contribution in [1.82, 2.24) is 19.5 Å². The summed E-state index contributed by atoms with van der Waals surface area (Å²) < 4.78 is 36.5. The molecule has 2 unspecified atom stereocenters. The second kappa shape index (κ2) is 8.83. The first-order valence-corrected chi connectivity index (χ1v) is 12.2. The van der Waals surface area contributed by atoms with Crippen molar-refractivity contribution < 1.29 is 13.2 Å². The zero-order valence-electron chi connectivity index (χ0n) is 17.0. The molecule has 0 amide bonds. The minimum atomic E-state index is -3.55. The highest BCUT2D eigenvalue weighted by molar-refractivity contribution is 7.89. The van der Waals surface area contributed by atoms with Crippen molar-refractivity contribution in [2.45, 2.75) is 81.2 Å². The number of rotatable bonds is 9. The molecule has 1 aromatic heterocycles. The quantitative estimate of drug-likeness (QED) is 0.626. The van der Waals surface area contributed by atoms with Gasteiger partial charge in [0.15, 0.2) is 0 Å². The Labute approximate surface area is 172 Å². The summed E-state index contributed by atoms with van der Waals surface area (Å²) in [7, 11) is -3.55. The fourth-order valence-corrected chi connectivity index (χ4v) is 5.31. The average molecular weight is 419 g/mol. The predicted molar refractivity (Wildman–Crippen MR) is 110 cm³/mol. The number of aromatic nitrogens is 3. The van der Waals surface area contributed by atoms with Gasteiger partial charge in [0, 0.05) is 18.0 Å². The SMILES string of the molecule is CCCCOc1ccc(S(=O)(=O)NC2CCCC(n3cnnc3C3CC3)C2)cc1. The Bertz CT molecular complexity index is 906. The van der Waals surface area contributed by atoms with Gasteiger partial charge >= 0.3 is 0 Å². The van der Waals surface area contributed by atoms with E-state index in [0.717, 1.165) is 44.3 Å². The van der Waals surface area contributed by atoms with Crippen LogP contribution in [0.1, 0.15) is 76.1 Å². The monoisotopic (exact) mass is 418 g/mol.